The SMILES string of the molecule is CC(C)(C)CC(=O)N1CCS(=O)(=O)CC1CC(=O)O. The number of rotatable bonds is 3. The first-order valence-corrected chi connectivity index (χ1v) is 8.04. The molecule has 1 atom stereocenters. The number of carbonyl (C=O) groups is 2. The molecule has 1 aliphatic rings. The molecular weight excluding hydrogens is 270 g/mol. The molecule has 19 heavy (non-hydrogen) atoms. The summed E-state index contributed by atoms with van der Waals surface area (Å²) in [5.74, 6) is -1.60. The minimum absolute atomic E-state index is 0.0843. The van der Waals surface area contributed by atoms with Crippen LogP contribution in [0.15, 0.2) is 0 Å². The van der Waals surface area contributed by atoms with Crippen LogP contribution in [0.2, 0.25) is 0 Å². The van der Waals surface area contributed by atoms with Crippen molar-refractivity contribution in [3.8, 4) is 0 Å². The van der Waals surface area contributed by atoms with E-state index in [1.165, 1.54) is 4.90 Å². The van der Waals surface area contributed by atoms with Crippen LogP contribution in [0.25, 0.3) is 0 Å². The zero-order valence-corrected chi connectivity index (χ0v) is 12.4. The Morgan fingerprint density at radius 3 is 2.37 bits per heavy atom. The number of hydrogen-bond donors (Lipinski definition) is 1. The average molecular weight is 291 g/mol. The third-order valence-electron chi connectivity index (χ3n) is 2.94. The molecule has 7 heteroatoms. The van der Waals surface area contributed by atoms with Crippen LogP contribution < -0.4 is 0 Å². The van der Waals surface area contributed by atoms with Gasteiger partial charge < -0.3 is 10.0 Å². The molecule has 0 aromatic rings. The molecule has 1 aliphatic heterocycles. The van der Waals surface area contributed by atoms with Crippen molar-refractivity contribution in [3.63, 3.8) is 0 Å². The smallest absolute Gasteiger partial charge is 0.305 e. The lowest BCUT2D eigenvalue weighted by Crippen LogP contribution is -2.52. The topological polar surface area (TPSA) is 91.8 Å². The van der Waals surface area contributed by atoms with Gasteiger partial charge in [0, 0.05) is 13.0 Å². The van der Waals surface area contributed by atoms with Crippen molar-refractivity contribution in [1.29, 1.82) is 0 Å². The van der Waals surface area contributed by atoms with Crippen LogP contribution in [0.4, 0.5) is 0 Å². The van der Waals surface area contributed by atoms with Crippen molar-refractivity contribution in [1.82, 2.24) is 4.90 Å². The molecule has 0 spiro atoms. The second-order valence-corrected chi connectivity index (χ2v) is 8.42. The highest BCUT2D eigenvalue weighted by atomic mass is 32.2. The van der Waals surface area contributed by atoms with E-state index in [4.69, 9.17) is 5.11 Å². The molecule has 0 aliphatic carbocycles. The molecule has 110 valence electrons. The fourth-order valence-electron chi connectivity index (χ4n) is 2.14. The van der Waals surface area contributed by atoms with Gasteiger partial charge in [0.05, 0.1) is 24.0 Å². The van der Waals surface area contributed by atoms with Crippen LogP contribution in [0, 0.1) is 5.41 Å². The highest BCUT2D eigenvalue weighted by Gasteiger charge is 2.36. The molecule has 1 rings (SSSR count). The molecule has 0 radical (unpaired) electrons. The number of nitrogens with zero attached hydrogens (tertiary/aromatic N) is 1. The maximum absolute atomic E-state index is 12.2. The molecule has 0 aromatic heterocycles. The molecule has 0 aromatic carbocycles. The summed E-state index contributed by atoms with van der Waals surface area (Å²) in [6.07, 6.45) is -0.0434. The zero-order valence-electron chi connectivity index (χ0n) is 11.5. The van der Waals surface area contributed by atoms with E-state index in [2.05, 4.69) is 0 Å². The molecule has 1 saturated heterocycles. The normalized spacial score (nSPS) is 23.1. The van der Waals surface area contributed by atoms with Gasteiger partial charge >= 0.3 is 5.97 Å². The van der Waals surface area contributed by atoms with Crippen molar-refractivity contribution in [3.05, 3.63) is 0 Å². The van der Waals surface area contributed by atoms with Gasteiger partial charge in [-0.15, -0.1) is 0 Å². The lowest BCUT2D eigenvalue weighted by Gasteiger charge is -2.36. The summed E-state index contributed by atoms with van der Waals surface area (Å²) >= 11 is 0. The molecule has 6 nitrogen and oxygen atoms in total. The molecule has 1 unspecified atom stereocenters. The molecule has 0 saturated carbocycles. The fraction of sp³-hybridized carbons (Fsp3) is 0.833. The van der Waals surface area contributed by atoms with Crippen molar-refractivity contribution in [2.75, 3.05) is 18.1 Å². The van der Waals surface area contributed by atoms with Gasteiger partial charge in [0.25, 0.3) is 0 Å². The largest absolute Gasteiger partial charge is 0.481 e. The first-order valence-electron chi connectivity index (χ1n) is 6.22. The van der Waals surface area contributed by atoms with Crippen LogP contribution in [0.1, 0.15) is 33.6 Å². The predicted octanol–water partition coefficient (Wildman–Crippen LogP) is 0.523. The van der Waals surface area contributed by atoms with E-state index in [0.717, 1.165) is 0 Å². The standard InChI is InChI=1S/C12H21NO5S/c1-12(2,3)7-10(14)13-4-5-19(17,18)8-9(13)6-11(15)16/h9H,4-8H2,1-3H3,(H,15,16). The first-order chi connectivity index (χ1) is 8.50. The number of sulfone groups is 1. The summed E-state index contributed by atoms with van der Waals surface area (Å²) in [5.41, 5.74) is -0.207. The Hall–Kier alpha value is -1.11. The summed E-state index contributed by atoms with van der Waals surface area (Å²) in [4.78, 5) is 24.4. The zero-order chi connectivity index (χ0) is 14.8. The number of aliphatic carboxylic acids is 1. The third-order valence-corrected chi connectivity index (χ3v) is 4.64. The number of carboxylic acids is 1. The third kappa shape index (κ3) is 5.18. The van der Waals surface area contributed by atoms with Gasteiger partial charge in [-0.05, 0) is 5.41 Å². The Balaban J connectivity index is 2.85. The molecule has 0 bridgehead atoms. The van der Waals surface area contributed by atoms with Crippen LogP contribution in [0.5, 0.6) is 0 Å². The van der Waals surface area contributed by atoms with Crippen LogP contribution >= 0.6 is 0 Å². The highest BCUT2D eigenvalue weighted by Crippen LogP contribution is 2.23. The minimum atomic E-state index is -3.24. The lowest BCUT2D eigenvalue weighted by molar-refractivity contribution is -0.141. The van der Waals surface area contributed by atoms with Crippen molar-refractivity contribution in [2.24, 2.45) is 5.41 Å². The van der Waals surface area contributed by atoms with Gasteiger partial charge in [-0.2, -0.15) is 0 Å². The number of hydrogen-bond acceptors (Lipinski definition) is 4. The van der Waals surface area contributed by atoms with E-state index in [1.54, 1.807) is 0 Å². The van der Waals surface area contributed by atoms with Gasteiger partial charge in [0.2, 0.25) is 5.91 Å². The van der Waals surface area contributed by atoms with E-state index < -0.39 is 21.8 Å². The van der Waals surface area contributed by atoms with Crippen LogP contribution in [-0.2, 0) is 19.4 Å². The Kier molecular flexibility index (Phi) is 4.60. The van der Waals surface area contributed by atoms with Gasteiger partial charge in [-0.3, -0.25) is 9.59 Å². The van der Waals surface area contributed by atoms with Crippen LogP contribution in [0.3, 0.4) is 0 Å². The Morgan fingerprint density at radius 1 is 1.32 bits per heavy atom. The summed E-state index contributed by atoms with van der Waals surface area (Å²) in [5, 5.41) is 8.84. The number of carboxylic acid groups (broad SMARTS) is 1. The fourth-order valence-corrected chi connectivity index (χ4v) is 3.67. The average Bonchev–Trinajstić information content (AvgIpc) is 2.11. The quantitative estimate of drug-likeness (QED) is 0.818. The molecular formula is C12H21NO5S. The Labute approximate surface area is 113 Å². The van der Waals surface area contributed by atoms with Gasteiger partial charge in [0.1, 0.15) is 0 Å². The maximum Gasteiger partial charge on any atom is 0.305 e. The molecule has 1 N–H and O–H groups in total. The van der Waals surface area contributed by atoms with Crippen molar-refractivity contribution in [2.45, 2.75) is 39.7 Å². The number of amides is 1. The molecule has 1 heterocycles. The van der Waals surface area contributed by atoms with Crippen LogP contribution in [-0.4, -0.2) is 54.4 Å². The van der Waals surface area contributed by atoms with Crippen molar-refractivity contribution < 1.29 is 23.1 Å². The molecule has 1 amide bonds. The summed E-state index contributed by atoms with van der Waals surface area (Å²) in [6, 6.07) is -0.744. The molecule has 1 fully saturated rings. The Morgan fingerprint density at radius 2 is 1.89 bits per heavy atom. The monoisotopic (exact) mass is 291 g/mol. The number of carbonyl (C=O) groups excluding carboxylic acids is 1. The van der Waals surface area contributed by atoms with E-state index in [0.29, 0.717) is 0 Å². The van der Waals surface area contributed by atoms with Crippen molar-refractivity contribution >= 4 is 21.7 Å². The van der Waals surface area contributed by atoms with Gasteiger partial charge in [-0.25, -0.2) is 8.42 Å². The van der Waals surface area contributed by atoms with E-state index in [1.807, 2.05) is 20.8 Å². The predicted molar refractivity (Wildman–Crippen MR) is 70.5 cm³/mol. The minimum Gasteiger partial charge on any atom is -0.481 e. The highest BCUT2D eigenvalue weighted by molar-refractivity contribution is 7.91. The Bertz CT molecular complexity index is 463. The van der Waals surface area contributed by atoms with E-state index >= 15 is 0 Å². The maximum atomic E-state index is 12.2. The second kappa shape index (κ2) is 5.48. The van der Waals surface area contributed by atoms with E-state index in [-0.39, 0.29) is 42.2 Å². The summed E-state index contributed by atoms with van der Waals surface area (Å²) < 4.78 is 23.1. The van der Waals surface area contributed by atoms with E-state index in [9.17, 15) is 18.0 Å². The van der Waals surface area contributed by atoms with Gasteiger partial charge in [0.15, 0.2) is 9.84 Å². The second-order valence-electron chi connectivity index (χ2n) is 6.19. The summed E-state index contributed by atoms with van der Waals surface area (Å²) in [6.45, 7) is 5.84. The lowest BCUT2D eigenvalue weighted by atomic mass is 9.91. The summed E-state index contributed by atoms with van der Waals surface area (Å²) in [7, 11) is -3.24. The first kappa shape index (κ1) is 15.9. The van der Waals surface area contributed by atoms with Gasteiger partial charge in [-0.1, -0.05) is 20.8 Å².